The van der Waals surface area contributed by atoms with E-state index < -0.39 is 0 Å². The van der Waals surface area contributed by atoms with Crippen molar-refractivity contribution in [1.29, 1.82) is 0 Å². The van der Waals surface area contributed by atoms with Crippen LogP contribution in [0.15, 0.2) is 47.4 Å². The zero-order valence-electron chi connectivity index (χ0n) is 12.5. The molecule has 1 aliphatic rings. The number of amides is 1. The largest absolute Gasteiger partial charge is 0.454 e. The molecule has 3 rings (SSSR count). The normalized spacial score (nSPS) is 13.7. The van der Waals surface area contributed by atoms with Gasteiger partial charge in [-0.25, -0.2) is 4.39 Å². The average Bonchev–Trinajstić information content (AvgIpc) is 3.02. The van der Waals surface area contributed by atoms with Gasteiger partial charge in [-0.05, 0) is 36.8 Å². The standard InChI is InChI=1S/C17H16FNO3S/c1-11(23-16-5-3-2-4-13(16)18)17(20)19-9-12-6-7-14-15(8-12)22-10-21-14/h2-8,11H,9-10H2,1H3,(H,19,20)/t11-/m0/s1. The number of rotatable bonds is 5. The quantitative estimate of drug-likeness (QED) is 0.853. The fourth-order valence-corrected chi connectivity index (χ4v) is 3.08. The molecule has 0 fully saturated rings. The van der Waals surface area contributed by atoms with E-state index in [2.05, 4.69) is 5.32 Å². The molecule has 1 N–H and O–H groups in total. The highest BCUT2D eigenvalue weighted by atomic mass is 32.2. The van der Waals surface area contributed by atoms with Crippen LogP contribution in [0.25, 0.3) is 0 Å². The molecule has 0 aromatic heterocycles. The smallest absolute Gasteiger partial charge is 0.233 e. The first-order chi connectivity index (χ1) is 11.1. The van der Waals surface area contributed by atoms with Crippen LogP contribution >= 0.6 is 11.8 Å². The van der Waals surface area contributed by atoms with Gasteiger partial charge in [0.15, 0.2) is 11.5 Å². The summed E-state index contributed by atoms with van der Waals surface area (Å²) in [6, 6.07) is 12.0. The number of nitrogens with one attached hydrogen (secondary N) is 1. The summed E-state index contributed by atoms with van der Waals surface area (Å²) in [5.41, 5.74) is 0.922. The average molecular weight is 333 g/mol. The summed E-state index contributed by atoms with van der Waals surface area (Å²) in [6.45, 7) is 2.37. The van der Waals surface area contributed by atoms with E-state index in [4.69, 9.17) is 9.47 Å². The Hall–Kier alpha value is -2.21. The van der Waals surface area contributed by atoms with Gasteiger partial charge < -0.3 is 14.8 Å². The predicted octanol–water partition coefficient (Wildman–Crippen LogP) is 3.35. The van der Waals surface area contributed by atoms with Crippen molar-refractivity contribution in [2.75, 3.05) is 6.79 Å². The Morgan fingerprint density at radius 1 is 1.26 bits per heavy atom. The van der Waals surface area contributed by atoms with Crippen LogP contribution in [0.1, 0.15) is 12.5 Å². The minimum atomic E-state index is -0.388. The van der Waals surface area contributed by atoms with Gasteiger partial charge >= 0.3 is 0 Å². The second-order valence-electron chi connectivity index (χ2n) is 5.10. The molecule has 1 atom stereocenters. The lowest BCUT2D eigenvalue weighted by Gasteiger charge is -2.12. The van der Waals surface area contributed by atoms with Crippen LogP contribution < -0.4 is 14.8 Å². The Bertz CT molecular complexity index is 723. The molecule has 0 spiro atoms. The minimum absolute atomic E-state index is 0.143. The Labute approximate surface area is 138 Å². The summed E-state index contributed by atoms with van der Waals surface area (Å²) >= 11 is 1.20. The summed E-state index contributed by atoms with van der Waals surface area (Å²) in [4.78, 5) is 12.6. The molecule has 23 heavy (non-hydrogen) atoms. The van der Waals surface area contributed by atoms with Gasteiger partial charge in [-0.3, -0.25) is 4.79 Å². The third kappa shape index (κ3) is 3.76. The lowest BCUT2D eigenvalue weighted by Crippen LogP contribution is -2.30. The summed E-state index contributed by atoms with van der Waals surface area (Å²) in [5, 5.41) is 2.46. The van der Waals surface area contributed by atoms with E-state index in [0.717, 1.165) is 5.56 Å². The van der Waals surface area contributed by atoms with Crippen LogP contribution in [0.5, 0.6) is 11.5 Å². The highest BCUT2D eigenvalue weighted by Crippen LogP contribution is 2.32. The number of benzene rings is 2. The second kappa shape index (κ2) is 6.91. The van der Waals surface area contributed by atoms with E-state index in [0.29, 0.717) is 22.9 Å². The van der Waals surface area contributed by atoms with Gasteiger partial charge in [-0.1, -0.05) is 18.2 Å². The van der Waals surface area contributed by atoms with Crippen molar-refractivity contribution in [3.8, 4) is 11.5 Å². The van der Waals surface area contributed by atoms with E-state index in [1.807, 2.05) is 18.2 Å². The molecule has 1 amide bonds. The lowest BCUT2D eigenvalue weighted by atomic mass is 10.2. The van der Waals surface area contributed by atoms with E-state index in [9.17, 15) is 9.18 Å². The third-order valence-electron chi connectivity index (χ3n) is 3.41. The fourth-order valence-electron chi connectivity index (χ4n) is 2.17. The van der Waals surface area contributed by atoms with Gasteiger partial charge in [0, 0.05) is 11.4 Å². The van der Waals surface area contributed by atoms with Gasteiger partial charge in [0.2, 0.25) is 12.7 Å². The predicted molar refractivity (Wildman–Crippen MR) is 86.1 cm³/mol. The number of halogens is 1. The van der Waals surface area contributed by atoms with Gasteiger partial charge in [0.05, 0.1) is 5.25 Å². The second-order valence-corrected chi connectivity index (χ2v) is 6.48. The maximum atomic E-state index is 13.6. The van der Waals surface area contributed by atoms with Crippen LogP contribution in [-0.4, -0.2) is 18.0 Å². The molecule has 0 bridgehead atoms. The van der Waals surface area contributed by atoms with Gasteiger partial charge in [-0.2, -0.15) is 0 Å². The molecule has 6 heteroatoms. The molecule has 0 saturated carbocycles. The first kappa shape index (κ1) is 15.7. The van der Waals surface area contributed by atoms with Gasteiger partial charge in [0.25, 0.3) is 0 Å². The van der Waals surface area contributed by atoms with Crippen LogP contribution in [0.2, 0.25) is 0 Å². The van der Waals surface area contributed by atoms with Crippen LogP contribution in [0, 0.1) is 5.82 Å². The molecule has 2 aromatic carbocycles. The molecule has 1 heterocycles. The molecule has 120 valence electrons. The zero-order chi connectivity index (χ0) is 16.2. The van der Waals surface area contributed by atoms with E-state index in [-0.39, 0.29) is 23.8 Å². The van der Waals surface area contributed by atoms with Crippen molar-refractivity contribution in [1.82, 2.24) is 5.32 Å². The maximum absolute atomic E-state index is 13.6. The summed E-state index contributed by atoms with van der Waals surface area (Å²) in [6.07, 6.45) is 0. The van der Waals surface area contributed by atoms with E-state index >= 15 is 0 Å². The molecule has 2 aromatic rings. The Morgan fingerprint density at radius 2 is 2.04 bits per heavy atom. The van der Waals surface area contributed by atoms with Gasteiger partial charge in [-0.15, -0.1) is 11.8 Å². The first-order valence-electron chi connectivity index (χ1n) is 7.21. The molecule has 0 saturated heterocycles. The fraction of sp³-hybridized carbons (Fsp3) is 0.235. The van der Waals surface area contributed by atoms with Gasteiger partial charge in [0.1, 0.15) is 5.82 Å². The number of thioether (sulfide) groups is 1. The first-order valence-corrected chi connectivity index (χ1v) is 8.09. The minimum Gasteiger partial charge on any atom is -0.454 e. The van der Waals surface area contributed by atoms with Crippen molar-refractivity contribution in [3.05, 3.63) is 53.8 Å². The summed E-state index contributed by atoms with van der Waals surface area (Å²) < 4.78 is 24.2. The van der Waals surface area contributed by atoms with E-state index in [1.54, 1.807) is 25.1 Å². The summed E-state index contributed by atoms with van der Waals surface area (Å²) in [7, 11) is 0. The zero-order valence-corrected chi connectivity index (χ0v) is 13.4. The van der Waals surface area contributed by atoms with Crippen molar-refractivity contribution < 1.29 is 18.7 Å². The molecule has 1 aliphatic heterocycles. The number of hydrogen-bond donors (Lipinski definition) is 1. The van der Waals surface area contributed by atoms with Crippen LogP contribution in [-0.2, 0) is 11.3 Å². The Balaban J connectivity index is 1.55. The Kier molecular flexibility index (Phi) is 4.71. The number of carbonyl (C=O) groups excluding carboxylic acids is 1. The lowest BCUT2D eigenvalue weighted by molar-refractivity contribution is -0.120. The molecule has 0 unspecified atom stereocenters. The molecule has 0 radical (unpaired) electrons. The topological polar surface area (TPSA) is 47.6 Å². The molecule has 4 nitrogen and oxygen atoms in total. The third-order valence-corrected chi connectivity index (χ3v) is 4.57. The van der Waals surface area contributed by atoms with Crippen LogP contribution in [0.4, 0.5) is 4.39 Å². The SMILES string of the molecule is C[C@H](Sc1ccccc1F)C(=O)NCc1ccc2c(c1)OCO2. The van der Waals surface area contributed by atoms with Crippen molar-refractivity contribution >= 4 is 17.7 Å². The number of ether oxygens (including phenoxy) is 2. The number of hydrogen-bond acceptors (Lipinski definition) is 4. The highest BCUT2D eigenvalue weighted by molar-refractivity contribution is 8.00. The van der Waals surface area contributed by atoms with Crippen molar-refractivity contribution in [3.63, 3.8) is 0 Å². The number of fused-ring (bicyclic) bond motifs is 1. The Morgan fingerprint density at radius 3 is 2.87 bits per heavy atom. The monoisotopic (exact) mass is 333 g/mol. The molecule has 0 aliphatic carbocycles. The van der Waals surface area contributed by atoms with Crippen molar-refractivity contribution in [2.24, 2.45) is 0 Å². The summed E-state index contributed by atoms with van der Waals surface area (Å²) in [5.74, 6) is 0.943. The molecular weight excluding hydrogens is 317 g/mol. The maximum Gasteiger partial charge on any atom is 0.233 e. The molecular formula is C17H16FNO3S. The van der Waals surface area contributed by atoms with E-state index in [1.165, 1.54) is 17.8 Å². The number of carbonyl (C=O) groups is 1. The highest BCUT2D eigenvalue weighted by Gasteiger charge is 2.17. The van der Waals surface area contributed by atoms with Crippen LogP contribution in [0.3, 0.4) is 0 Å². The van der Waals surface area contributed by atoms with Crippen molar-refractivity contribution in [2.45, 2.75) is 23.6 Å².